The molecule has 0 aliphatic rings. The Bertz CT molecular complexity index is 391. The number of benzene rings is 1. The number of hydrogen-bond donors (Lipinski definition) is 0. The maximum absolute atomic E-state index is 11.7. The minimum atomic E-state index is -0.515. The fourth-order valence-electron chi connectivity index (χ4n) is 1.15. The molecule has 0 spiro atoms. The highest BCUT2D eigenvalue weighted by molar-refractivity contribution is 14.1. The smallest absolute Gasteiger partial charge is 0.326 e. The lowest BCUT2D eigenvalue weighted by molar-refractivity contribution is -0.135. The van der Waals surface area contributed by atoms with Crippen LogP contribution in [0.4, 0.5) is 0 Å². The van der Waals surface area contributed by atoms with Crippen LogP contribution in [-0.2, 0) is 11.2 Å². The molecular weight excluding hydrogens is 315 g/mol. The van der Waals surface area contributed by atoms with Gasteiger partial charge in [0.05, 0.1) is 0 Å². The normalized spacial score (nSPS) is 10.9. The number of para-hydroxylation sites is 1. The molecule has 1 aromatic carbocycles. The fourth-order valence-corrected chi connectivity index (χ4v) is 1.26. The molecule has 0 amide bonds. The van der Waals surface area contributed by atoms with E-state index in [-0.39, 0.29) is 5.97 Å². The molecule has 0 N–H and O–H groups in total. The van der Waals surface area contributed by atoms with Crippen LogP contribution < -0.4 is 4.74 Å². The first-order valence-corrected chi connectivity index (χ1v) is 6.13. The van der Waals surface area contributed by atoms with E-state index in [1.54, 1.807) is 12.1 Å². The maximum atomic E-state index is 11.7. The van der Waals surface area contributed by atoms with Gasteiger partial charge < -0.3 is 4.74 Å². The van der Waals surface area contributed by atoms with Crippen molar-refractivity contribution >= 4 is 28.6 Å². The molecule has 0 aliphatic heterocycles. The SMILES string of the molecule is C=CCc1ccccc1OC(=O)C(C)(C)I. The van der Waals surface area contributed by atoms with Gasteiger partial charge in [0.1, 0.15) is 9.17 Å². The highest BCUT2D eigenvalue weighted by atomic mass is 127. The van der Waals surface area contributed by atoms with Crippen molar-refractivity contribution in [1.29, 1.82) is 0 Å². The molecule has 0 unspecified atom stereocenters. The van der Waals surface area contributed by atoms with Gasteiger partial charge in [-0.3, -0.25) is 4.79 Å². The minimum Gasteiger partial charge on any atom is -0.425 e. The number of esters is 1. The van der Waals surface area contributed by atoms with Gasteiger partial charge >= 0.3 is 5.97 Å². The van der Waals surface area contributed by atoms with Gasteiger partial charge in [0.25, 0.3) is 0 Å². The summed E-state index contributed by atoms with van der Waals surface area (Å²) < 4.78 is 4.85. The summed E-state index contributed by atoms with van der Waals surface area (Å²) in [5, 5.41) is 0. The Morgan fingerprint density at radius 3 is 2.69 bits per heavy atom. The lowest BCUT2D eigenvalue weighted by Crippen LogP contribution is -2.29. The molecule has 0 bridgehead atoms. The van der Waals surface area contributed by atoms with Crippen LogP contribution in [0.2, 0.25) is 0 Å². The van der Waals surface area contributed by atoms with Crippen LogP contribution in [-0.4, -0.2) is 9.39 Å². The summed E-state index contributed by atoms with van der Waals surface area (Å²) in [6.45, 7) is 7.33. The first-order chi connectivity index (χ1) is 7.45. The van der Waals surface area contributed by atoms with E-state index >= 15 is 0 Å². The second-order valence-electron chi connectivity index (χ2n) is 3.96. The molecule has 16 heavy (non-hydrogen) atoms. The van der Waals surface area contributed by atoms with Crippen LogP contribution in [0.15, 0.2) is 36.9 Å². The monoisotopic (exact) mass is 330 g/mol. The number of ether oxygens (including phenoxy) is 1. The Kier molecular flexibility index (Phi) is 4.53. The summed E-state index contributed by atoms with van der Waals surface area (Å²) in [6, 6.07) is 7.52. The van der Waals surface area contributed by atoms with E-state index in [4.69, 9.17) is 4.74 Å². The molecule has 0 saturated heterocycles. The van der Waals surface area contributed by atoms with Crippen molar-refractivity contribution in [3.8, 4) is 5.75 Å². The predicted molar refractivity (Wildman–Crippen MR) is 74.1 cm³/mol. The number of alkyl halides is 1. The lowest BCUT2D eigenvalue weighted by Gasteiger charge is -2.16. The average molecular weight is 330 g/mol. The van der Waals surface area contributed by atoms with Crippen LogP contribution in [0.1, 0.15) is 19.4 Å². The fraction of sp³-hybridized carbons (Fsp3) is 0.308. The quantitative estimate of drug-likeness (QED) is 0.278. The van der Waals surface area contributed by atoms with Crippen molar-refractivity contribution < 1.29 is 9.53 Å². The molecule has 2 nitrogen and oxygen atoms in total. The zero-order valence-corrected chi connectivity index (χ0v) is 11.7. The first-order valence-electron chi connectivity index (χ1n) is 5.05. The molecule has 1 rings (SSSR count). The number of allylic oxidation sites excluding steroid dienone is 1. The summed E-state index contributed by atoms with van der Waals surface area (Å²) in [7, 11) is 0. The molecule has 3 heteroatoms. The predicted octanol–water partition coefficient (Wildman–Crippen LogP) is 3.53. The van der Waals surface area contributed by atoms with Crippen LogP contribution in [0.25, 0.3) is 0 Å². The highest BCUT2D eigenvalue weighted by Gasteiger charge is 2.26. The van der Waals surface area contributed by atoms with E-state index in [0.29, 0.717) is 12.2 Å². The molecule has 0 aromatic heterocycles. The molecule has 0 aliphatic carbocycles. The summed E-state index contributed by atoms with van der Waals surface area (Å²) in [5.41, 5.74) is 0.978. The zero-order valence-electron chi connectivity index (χ0n) is 9.50. The molecule has 1 aromatic rings. The summed E-state index contributed by atoms with van der Waals surface area (Å²) >= 11 is 2.07. The molecular formula is C13H15IO2. The second-order valence-corrected chi connectivity index (χ2v) is 6.66. The van der Waals surface area contributed by atoms with Crippen molar-refractivity contribution in [2.24, 2.45) is 0 Å². The van der Waals surface area contributed by atoms with E-state index in [9.17, 15) is 4.79 Å². The van der Waals surface area contributed by atoms with Crippen molar-refractivity contribution in [3.05, 3.63) is 42.5 Å². The van der Waals surface area contributed by atoms with Gasteiger partial charge in [-0.1, -0.05) is 46.9 Å². The number of hydrogen-bond acceptors (Lipinski definition) is 2. The molecule has 0 atom stereocenters. The Morgan fingerprint density at radius 2 is 2.12 bits per heavy atom. The van der Waals surface area contributed by atoms with Crippen molar-refractivity contribution in [2.75, 3.05) is 0 Å². The van der Waals surface area contributed by atoms with Gasteiger partial charge in [-0.2, -0.15) is 0 Å². The molecule has 86 valence electrons. The van der Waals surface area contributed by atoms with E-state index in [1.807, 2.05) is 32.0 Å². The van der Waals surface area contributed by atoms with E-state index in [1.165, 1.54) is 0 Å². The maximum Gasteiger partial charge on any atom is 0.326 e. The van der Waals surface area contributed by atoms with Crippen LogP contribution in [0.5, 0.6) is 5.75 Å². The third kappa shape index (κ3) is 3.63. The van der Waals surface area contributed by atoms with E-state index in [2.05, 4.69) is 29.2 Å². The van der Waals surface area contributed by atoms with Crippen molar-refractivity contribution in [1.82, 2.24) is 0 Å². The average Bonchev–Trinajstić information content (AvgIpc) is 2.20. The molecule has 0 saturated carbocycles. The van der Waals surface area contributed by atoms with E-state index < -0.39 is 3.42 Å². The van der Waals surface area contributed by atoms with Crippen molar-refractivity contribution in [3.63, 3.8) is 0 Å². The Hall–Kier alpha value is -0.840. The molecule has 0 radical (unpaired) electrons. The van der Waals surface area contributed by atoms with Gasteiger partial charge in [0.15, 0.2) is 0 Å². The summed E-state index contributed by atoms with van der Waals surface area (Å²) in [5.74, 6) is 0.391. The van der Waals surface area contributed by atoms with Gasteiger partial charge in [-0.05, 0) is 31.9 Å². The van der Waals surface area contributed by atoms with Gasteiger partial charge in [-0.15, -0.1) is 6.58 Å². The minimum absolute atomic E-state index is 0.232. The number of carbonyl (C=O) groups excluding carboxylic acids is 1. The van der Waals surface area contributed by atoms with E-state index in [0.717, 1.165) is 5.56 Å². The number of rotatable bonds is 4. The summed E-state index contributed by atoms with van der Waals surface area (Å²) in [6.07, 6.45) is 2.49. The number of halogens is 1. The largest absolute Gasteiger partial charge is 0.425 e. The number of carbonyl (C=O) groups is 1. The standard InChI is InChI=1S/C13H15IO2/c1-4-7-10-8-5-6-9-11(10)16-12(15)13(2,3)14/h4-6,8-9H,1,7H2,2-3H3. The topological polar surface area (TPSA) is 26.3 Å². The third-order valence-corrected chi connectivity index (χ3v) is 2.47. The van der Waals surface area contributed by atoms with Crippen LogP contribution in [0, 0.1) is 0 Å². The molecule has 0 fully saturated rings. The highest BCUT2D eigenvalue weighted by Crippen LogP contribution is 2.24. The third-order valence-electron chi connectivity index (χ3n) is 2.02. The van der Waals surface area contributed by atoms with Crippen molar-refractivity contribution in [2.45, 2.75) is 23.7 Å². The first kappa shape index (κ1) is 13.2. The van der Waals surface area contributed by atoms with Crippen LogP contribution in [0.3, 0.4) is 0 Å². The molecule has 0 heterocycles. The Labute approximate surface area is 110 Å². The van der Waals surface area contributed by atoms with Gasteiger partial charge in [0.2, 0.25) is 0 Å². The Balaban J connectivity index is 2.88. The second kappa shape index (κ2) is 5.48. The Morgan fingerprint density at radius 1 is 1.50 bits per heavy atom. The van der Waals surface area contributed by atoms with Gasteiger partial charge in [0, 0.05) is 0 Å². The lowest BCUT2D eigenvalue weighted by atomic mass is 10.1. The summed E-state index contributed by atoms with van der Waals surface area (Å²) in [4.78, 5) is 11.7. The van der Waals surface area contributed by atoms with Crippen LogP contribution >= 0.6 is 22.6 Å². The van der Waals surface area contributed by atoms with Gasteiger partial charge in [-0.25, -0.2) is 0 Å². The zero-order chi connectivity index (χ0) is 12.2.